The first-order valence-corrected chi connectivity index (χ1v) is 9.20. The highest BCUT2D eigenvalue weighted by Crippen LogP contribution is 2.25. The molecule has 2 N–H and O–H groups in total. The van der Waals surface area contributed by atoms with Crippen LogP contribution in [0.3, 0.4) is 0 Å². The fraction of sp³-hybridized carbons (Fsp3) is 0.562. The van der Waals surface area contributed by atoms with Crippen molar-refractivity contribution in [1.29, 1.82) is 0 Å². The monoisotopic (exact) mass is 371 g/mol. The number of carbonyl (C=O) groups is 1. The fourth-order valence-electron chi connectivity index (χ4n) is 2.62. The molecule has 2 rings (SSSR count). The smallest absolute Gasteiger partial charge is 0.230 e. The molecule has 0 spiro atoms. The van der Waals surface area contributed by atoms with Crippen molar-refractivity contribution in [2.75, 3.05) is 5.75 Å². The standard InChI is InChI=1S/C16H22BrNO2S/c1-11-9-12(17)7-8-15(11)21-10-16(20)18-13-5-3-2-4-6-14(13)19/h7-9,13-14,19H,2-6,10H2,1H3,(H,18,20). The van der Waals surface area contributed by atoms with E-state index in [0.29, 0.717) is 5.75 Å². The number of halogens is 1. The first-order valence-electron chi connectivity index (χ1n) is 7.42. The molecule has 1 aliphatic rings. The van der Waals surface area contributed by atoms with Crippen LogP contribution in [-0.4, -0.2) is 28.9 Å². The van der Waals surface area contributed by atoms with Gasteiger partial charge in [-0.1, -0.05) is 35.2 Å². The fourth-order valence-corrected chi connectivity index (χ4v) is 3.92. The molecule has 0 aliphatic heterocycles. The molecule has 1 saturated carbocycles. The summed E-state index contributed by atoms with van der Waals surface area (Å²) in [5, 5.41) is 13.0. The SMILES string of the molecule is Cc1cc(Br)ccc1SCC(=O)NC1CCCCCC1O. The number of benzene rings is 1. The van der Waals surface area contributed by atoms with Crippen LogP contribution in [0.5, 0.6) is 0 Å². The lowest BCUT2D eigenvalue weighted by molar-refractivity contribution is -0.120. The molecule has 0 radical (unpaired) electrons. The summed E-state index contributed by atoms with van der Waals surface area (Å²) in [6, 6.07) is 5.99. The molecule has 1 aromatic rings. The number of aryl methyl sites for hydroxylation is 1. The van der Waals surface area contributed by atoms with Crippen LogP contribution in [0, 0.1) is 6.92 Å². The van der Waals surface area contributed by atoms with E-state index in [2.05, 4.69) is 27.3 Å². The molecule has 5 heteroatoms. The van der Waals surface area contributed by atoms with Gasteiger partial charge in [0, 0.05) is 9.37 Å². The van der Waals surface area contributed by atoms with Gasteiger partial charge in [0.05, 0.1) is 17.9 Å². The number of rotatable bonds is 4. The second-order valence-corrected chi connectivity index (χ2v) is 7.51. The van der Waals surface area contributed by atoms with Gasteiger partial charge >= 0.3 is 0 Å². The van der Waals surface area contributed by atoms with Crippen LogP contribution in [0.25, 0.3) is 0 Å². The normalized spacial score (nSPS) is 22.6. The lowest BCUT2D eigenvalue weighted by Gasteiger charge is -2.21. The highest BCUT2D eigenvalue weighted by Gasteiger charge is 2.23. The van der Waals surface area contributed by atoms with E-state index < -0.39 is 6.10 Å². The van der Waals surface area contributed by atoms with Gasteiger partial charge < -0.3 is 10.4 Å². The summed E-state index contributed by atoms with van der Waals surface area (Å²) in [6.45, 7) is 2.04. The Labute approximate surface area is 139 Å². The molecule has 0 aromatic heterocycles. The Morgan fingerprint density at radius 2 is 2.14 bits per heavy atom. The molecule has 1 amide bonds. The van der Waals surface area contributed by atoms with E-state index in [1.165, 1.54) is 0 Å². The maximum absolute atomic E-state index is 12.1. The Morgan fingerprint density at radius 3 is 2.90 bits per heavy atom. The molecule has 1 aromatic carbocycles. The number of thioether (sulfide) groups is 1. The summed E-state index contributed by atoms with van der Waals surface area (Å²) < 4.78 is 1.05. The van der Waals surface area contributed by atoms with Crippen LogP contribution in [0.4, 0.5) is 0 Å². The number of hydrogen-bond donors (Lipinski definition) is 2. The van der Waals surface area contributed by atoms with Gasteiger partial charge in [0.15, 0.2) is 0 Å². The number of aliphatic hydroxyl groups excluding tert-OH is 1. The van der Waals surface area contributed by atoms with Gasteiger partial charge in [0.25, 0.3) is 0 Å². The van der Waals surface area contributed by atoms with Gasteiger partial charge in [-0.2, -0.15) is 0 Å². The molecule has 0 bridgehead atoms. The topological polar surface area (TPSA) is 49.3 Å². The van der Waals surface area contributed by atoms with Crippen LogP contribution in [-0.2, 0) is 4.79 Å². The lowest BCUT2D eigenvalue weighted by atomic mass is 10.1. The summed E-state index contributed by atoms with van der Waals surface area (Å²) in [5.41, 5.74) is 1.16. The van der Waals surface area contributed by atoms with Crippen LogP contribution in [0.15, 0.2) is 27.6 Å². The Kier molecular flexibility index (Phi) is 6.58. The quantitative estimate of drug-likeness (QED) is 0.627. The molecule has 1 fully saturated rings. The Morgan fingerprint density at radius 1 is 1.38 bits per heavy atom. The molecular formula is C16H22BrNO2S. The van der Waals surface area contributed by atoms with E-state index >= 15 is 0 Å². The second-order valence-electron chi connectivity index (χ2n) is 5.58. The summed E-state index contributed by atoms with van der Waals surface area (Å²) in [5.74, 6) is 0.402. The number of amides is 1. The second kappa shape index (κ2) is 8.20. The molecule has 2 unspecified atom stereocenters. The maximum atomic E-state index is 12.1. The molecule has 116 valence electrons. The van der Waals surface area contributed by atoms with Crippen LogP contribution in [0.1, 0.15) is 37.7 Å². The van der Waals surface area contributed by atoms with Gasteiger partial charge in [-0.25, -0.2) is 0 Å². The van der Waals surface area contributed by atoms with Gasteiger partial charge in [0.2, 0.25) is 5.91 Å². The third-order valence-corrected chi connectivity index (χ3v) is 5.49. The van der Waals surface area contributed by atoms with Crippen molar-refractivity contribution in [2.24, 2.45) is 0 Å². The van der Waals surface area contributed by atoms with E-state index in [0.717, 1.165) is 47.0 Å². The highest BCUT2D eigenvalue weighted by molar-refractivity contribution is 9.10. The minimum absolute atomic E-state index is 0.00766. The molecule has 0 saturated heterocycles. The van der Waals surface area contributed by atoms with E-state index in [-0.39, 0.29) is 11.9 Å². The Hall–Kier alpha value is -0.520. The lowest BCUT2D eigenvalue weighted by Crippen LogP contribution is -2.43. The van der Waals surface area contributed by atoms with Crippen LogP contribution in [0.2, 0.25) is 0 Å². The molecule has 3 nitrogen and oxygen atoms in total. The molecule has 21 heavy (non-hydrogen) atoms. The van der Waals surface area contributed by atoms with E-state index in [1.54, 1.807) is 11.8 Å². The van der Waals surface area contributed by atoms with E-state index in [4.69, 9.17) is 0 Å². The first-order chi connectivity index (χ1) is 10.1. The molecule has 1 aliphatic carbocycles. The maximum Gasteiger partial charge on any atom is 0.230 e. The van der Waals surface area contributed by atoms with Crippen molar-refractivity contribution < 1.29 is 9.90 Å². The zero-order valence-corrected chi connectivity index (χ0v) is 14.7. The van der Waals surface area contributed by atoms with Gasteiger partial charge in [-0.15, -0.1) is 11.8 Å². The summed E-state index contributed by atoms with van der Waals surface area (Å²) in [6.07, 6.45) is 4.58. The van der Waals surface area contributed by atoms with Crippen molar-refractivity contribution in [3.8, 4) is 0 Å². The predicted molar refractivity (Wildman–Crippen MR) is 90.6 cm³/mol. The van der Waals surface area contributed by atoms with Crippen LogP contribution >= 0.6 is 27.7 Å². The molecule has 0 heterocycles. The molecule has 2 atom stereocenters. The minimum atomic E-state index is -0.393. The van der Waals surface area contributed by atoms with Crippen molar-refractivity contribution >= 4 is 33.6 Å². The highest BCUT2D eigenvalue weighted by atomic mass is 79.9. The number of nitrogens with one attached hydrogen (secondary N) is 1. The Balaban J connectivity index is 1.84. The number of aliphatic hydroxyl groups is 1. The number of hydrogen-bond acceptors (Lipinski definition) is 3. The van der Waals surface area contributed by atoms with Gasteiger partial charge in [0.1, 0.15) is 0 Å². The predicted octanol–water partition coefficient (Wildman–Crippen LogP) is 3.66. The average Bonchev–Trinajstić information content (AvgIpc) is 2.63. The van der Waals surface area contributed by atoms with E-state index in [1.807, 2.05) is 19.1 Å². The zero-order chi connectivity index (χ0) is 15.2. The van der Waals surface area contributed by atoms with Crippen LogP contribution < -0.4 is 5.32 Å². The van der Waals surface area contributed by atoms with Crippen molar-refractivity contribution in [3.63, 3.8) is 0 Å². The van der Waals surface area contributed by atoms with E-state index in [9.17, 15) is 9.90 Å². The largest absolute Gasteiger partial charge is 0.391 e. The average molecular weight is 372 g/mol. The molecular weight excluding hydrogens is 350 g/mol. The van der Waals surface area contributed by atoms with Crippen molar-refractivity contribution in [3.05, 3.63) is 28.2 Å². The third kappa shape index (κ3) is 5.31. The Bertz CT molecular complexity index is 495. The minimum Gasteiger partial charge on any atom is -0.391 e. The third-order valence-electron chi connectivity index (χ3n) is 3.82. The van der Waals surface area contributed by atoms with Gasteiger partial charge in [-0.05, 0) is 43.5 Å². The van der Waals surface area contributed by atoms with Crippen molar-refractivity contribution in [1.82, 2.24) is 5.32 Å². The zero-order valence-electron chi connectivity index (χ0n) is 12.3. The summed E-state index contributed by atoms with van der Waals surface area (Å²) >= 11 is 4.98. The summed E-state index contributed by atoms with van der Waals surface area (Å²) in [4.78, 5) is 13.2. The van der Waals surface area contributed by atoms with Crippen molar-refractivity contribution in [2.45, 2.75) is 56.1 Å². The van der Waals surface area contributed by atoms with Gasteiger partial charge in [-0.3, -0.25) is 4.79 Å². The summed E-state index contributed by atoms with van der Waals surface area (Å²) in [7, 11) is 0. The first kappa shape index (κ1) is 16.8. The number of carbonyl (C=O) groups excluding carboxylic acids is 1.